The van der Waals surface area contributed by atoms with Crippen molar-refractivity contribution in [2.24, 2.45) is 11.7 Å². The molecule has 0 aliphatic rings. The van der Waals surface area contributed by atoms with E-state index in [1.807, 2.05) is 13.1 Å². The zero-order valence-corrected chi connectivity index (χ0v) is 7.65. The fraction of sp³-hybridized carbons (Fsp3) is 0.750. The normalized spacial score (nSPS) is 12.2. The first-order chi connectivity index (χ1) is 5.16. The van der Waals surface area contributed by atoms with Crippen LogP contribution in [0.4, 0.5) is 0 Å². The molecule has 4 N–H and O–H groups in total. The molecular weight excluding hydrogens is 138 g/mol. The Morgan fingerprint density at radius 1 is 1.55 bits per heavy atom. The minimum absolute atomic E-state index is 0.620. The van der Waals surface area contributed by atoms with Crippen LogP contribution in [0.1, 0.15) is 27.2 Å². The number of hydrazine groups is 1. The van der Waals surface area contributed by atoms with Crippen LogP contribution in [0.2, 0.25) is 0 Å². The molecule has 0 saturated heterocycles. The summed E-state index contributed by atoms with van der Waals surface area (Å²) in [5, 5.41) is 0. The van der Waals surface area contributed by atoms with Gasteiger partial charge in [0.25, 0.3) is 0 Å². The maximum atomic E-state index is 5.67. The van der Waals surface area contributed by atoms with Crippen LogP contribution in [0.15, 0.2) is 11.9 Å². The van der Waals surface area contributed by atoms with Crippen molar-refractivity contribution in [2.45, 2.75) is 27.2 Å². The van der Waals surface area contributed by atoms with Crippen molar-refractivity contribution in [3.8, 4) is 0 Å². The Morgan fingerprint density at radius 2 is 2.18 bits per heavy atom. The van der Waals surface area contributed by atoms with Crippen LogP contribution in [0, 0.1) is 5.92 Å². The Kier molecular flexibility index (Phi) is 5.65. The molecule has 66 valence electrons. The summed E-state index contributed by atoms with van der Waals surface area (Å²) < 4.78 is 0. The van der Waals surface area contributed by atoms with Gasteiger partial charge in [0.2, 0.25) is 0 Å². The van der Waals surface area contributed by atoms with Gasteiger partial charge in [-0.1, -0.05) is 20.8 Å². The van der Waals surface area contributed by atoms with Gasteiger partial charge in [0, 0.05) is 18.4 Å². The average molecular weight is 157 g/mol. The maximum absolute atomic E-state index is 5.67. The maximum Gasteiger partial charge on any atom is 0.0313 e. The second-order valence-corrected chi connectivity index (χ2v) is 2.99. The first-order valence-corrected chi connectivity index (χ1v) is 4.09. The van der Waals surface area contributed by atoms with E-state index in [0.717, 1.165) is 18.7 Å². The van der Waals surface area contributed by atoms with Crippen molar-refractivity contribution in [2.75, 3.05) is 6.54 Å². The van der Waals surface area contributed by atoms with Gasteiger partial charge in [-0.3, -0.25) is 0 Å². The van der Waals surface area contributed by atoms with E-state index in [9.17, 15) is 0 Å². The van der Waals surface area contributed by atoms with Crippen molar-refractivity contribution in [3.05, 3.63) is 11.9 Å². The van der Waals surface area contributed by atoms with Gasteiger partial charge in [0.15, 0.2) is 0 Å². The van der Waals surface area contributed by atoms with E-state index in [1.165, 1.54) is 0 Å². The number of hydrogen-bond acceptors (Lipinski definition) is 3. The summed E-state index contributed by atoms with van der Waals surface area (Å²) in [5.41, 5.74) is 12.4. The fourth-order valence-electron chi connectivity index (χ4n) is 0.776. The zero-order valence-electron chi connectivity index (χ0n) is 7.65. The van der Waals surface area contributed by atoms with Crippen molar-refractivity contribution in [1.82, 2.24) is 10.9 Å². The Balaban J connectivity index is 3.46. The van der Waals surface area contributed by atoms with Crippen molar-refractivity contribution in [1.29, 1.82) is 0 Å². The van der Waals surface area contributed by atoms with E-state index >= 15 is 0 Å². The van der Waals surface area contributed by atoms with Crippen molar-refractivity contribution < 1.29 is 0 Å². The number of rotatable bonds is 5. The summed E-state index contributed by atoms with van der Waals surface area (Å²) >= 11 is 0. The number of allylic oxidation sites excluding steroid dienone is 1. The van der Waals surface area contributed by atoms with Gasteiger partial charge in [0.1, 0.15) is 0 Å². The highest BCUT2D eigenvalue weighted by molar-refractivity contribution is 4.94. The zero-order chi connectivity index (χ0) is 8.69. The predicted molar refractivity (Wildman–Crippen MR) is 48.5 cm³/mol. The monoisotopic (exact) mass is 157 g/mol. The molecule has 0 heterocycles. The third-order valence-corrected chi connectivity index (χ3v) is 1.18. The molecule has 0 atom stereocenters. The number of hydrogen-bond donors (Lipinski definition) is 3. The Morgan fingerprint density at radius 3 is 2.64 bits per heavy atom. The van der Waals surface area contributed by atoms with Crippen LogP contribution < -0.4 is 16.6 Å². The first-order valence-electron chi connectivity index (χ1n) is 4.09. The highest BCUT2D eigenvalue weighted by atomic mass is 15.3. The van der Waals surface area contributed by atoms with Gasteiger partial charge in [-0.25, -0.2) is 5.43 Å². The molecule has 0 aliphatic heterocycles. The van der Waals surface area contributed by atoms with Crippen LogP contribution in [-0.4, -0.2) is 6.54 Å². The number of nitrogens with one attached hydrogen (secondary N) is 2. The lowest BCUT2D eigenvalue weighted by Gasteiger charge is -2.05. The van der Waals surface area contributed by atoms with E-state index in [2.05, 4.69) is 24.7 Å². The van der Waals surface area contributed by atoms with E-state index in [1.54, 1.807) is 0 Å². The van der Waals surface area contributed by atoms with Gasteiger partial charge >= 0.3 is 0 Å². The summed E-state index contributed by atoms with van der Waals surface area (Å²) in [6.45, 7) is 7.22. The van der Waals surface area contributed by atoms with Crippen LogP contribution in [0.5, 0.6) is 0 Å². The molecular formula is C8H19N3. The molecule has 0 rings (SSSR count). The van der Waals surface area contributed by atoms with E-state index in [-0.39, 0.29) is 0 Å². The van der Waals surface area contributed by atoms with Crippen LogP contribution >= 0.6 is 0 Å². The van der Waals surface area contributed by atoms with E-state index in [4.69, 9.17) is 5.73 Å². The van der Waals surface area contributed by atoms with Gasteiger partial charge in [-0.2, -0.15) is 0 Å². The molecule has 0 aromatic heterocycles. The molecule has 3 heteroatoms. The van der Waals surface area contributed by atoms with Crippen molar-refractivity contribution in [3.63, 3.8) is 0 Å². The summed E-state index contributed by atoms with van der Waals surface area (Å²) in [7, 11) is 0. The molecule has 0 unspecified atom stereocenters. The standard InChI is InChI=1S/C8H19N3/c1-4-10-11-6-8(9)5-7(2)3/h6-7,10-11H,4-5,9H2,1-3H3/b8-6-. The molecule has 0 aromatic rings. The van der Waals surface area contributed by atoms with Gasteiger partial charge in [-0.05, 0) is 12.3 Å². The molecule has 0 saturated carbocycles. The smallest absolute Gasteiger partial charge is 0.0313 e. The van der Waals surface area contributed by atoms with Gasteiger partial charge < -0.3 is 11.2 Å². The molecule has 0 aromatic carbocycles. The van der Waals surface area contributed by atoms with Crippen LogP contribution in [0.25, 0.3) is 0 Å². The highest BCUT2D eigenvalue weighted by Crippen LogP contribution is 2.03. The number of nitrogens with two attached hydrogens (primary N) is 1. The molecule has 0 aliphatic carbocycles. The molecule has 0 spiro atoms. The minimum Gasteiger partial charge on any atom is -0.401 e. The molecule has 0 fully saturated rings. The Hall–Kier alpha value is -0.700. The predicted octanol–water partition coefficient (Wildman–Crippen LogP) is 0.947. The lowest BCUT2D eigenvalue weighted by atomic mass is 10.1. The molecule has 0 radical (unpaired) electrons. The van der Waals surface area contributed by atoms with Gasteiger partial charge in [0.05, 0.1) is 0 Å². The fourth-order valence-corrected chi connectivity index (χ4v) is 0.776. The minimum atomic E-state index is 0.620. The summed E-state index contributed by atoms with van der Waals surface area (Å²) in [6, 6.07) is 0. The second kappa shape index (κ2) is 6.04. The van der Waals surface area contributed by atoms with Crippen LogP contribution in [0.3, 0.4) is 0 Å². The third-order valence-electron chi connectivity index (χ3n) is 1.18. The Bertz CT molecular complexity index is 119. The van der Waals surface area contributed by atoms with E-state index < -0.39 is 0 Å². The van der Waals surface area contributed by atoms with Gasteiger partial charge in [-0.15, -0.1) is 0 Å². The summed E-state index contributed by atoms with van der Waals surface area (Å²) in [4.78, 5) is 0. The average Bonchev–Trinajstić information content (AvgIpc) is 1.86. The molecule has 3 nitrogen and oxygen atoms in total. The SMILES string of the molecule is CCNN/C=C(\N)CC(C)C. The molecule has 0 amide bonds. The summed E-state index contributed by atoms with van der Waals surface area (Å²) in [6.07, 6.45) is 2.75. The lowest BCUT2D eigenvalue weighted by Crippen LogP contribution is -2.27. The first kappa shape index (κ1) is 10.3. The molecule has 0 bridgehead atoms. The summed E-state index contributed by atoms with van der Waals surface area (Å²) in [5.74, 6) is 0.620. The third kappa shape index (κ3) is 7.19. The van der Waals surface area contributed by atoms with Crippen molar-refractivity contribution >= 4 is 0 Å². The van der Waals surface area contributed by atoms with Crippen LogP contribution in [-0.2, 0) is 0 Å². The topological polar surface area (TPSA) is 50.1 Å². The largest absolute Gasteiger partial charge is 0.401 e. The highest BCUT2D eigenvalue weighted by Gasteiger charge is 1.94. The molecule has 11 heavy (non-hydrogen) atoms. The lowest BCUT2D eigenvalue weighted by molar-refractivity contribution is 0.614. The van der Waals surface area contributed by atoms with E-state index in [0.29, 0.717) is 5.92 Å². The quantitative estimate of drug-likeness (QED) is 0.411. The Labute approximate surface area is 69.0 Å². The second-order valence-electron chi connectivity index (χ2n) is 2.99.